The monoisotopic (exact) mass is 402 g/mol. The molecule has 30 heavy (non-hydrogen) atoms. The summed E-state index contributed by atoms with van der Waals surface area (Å²) in [6.45, 7) is 8.98. The second-order valence-electron chi connectivity index (χ2n) is 7.78. The number of rotatable bonds is 8. The molecule has 0 saturated heterocycles. The molecule has 0 atom stereocenters. The van der Waals surface area contributed by atoms with Crippen molar-refractivity contribution in [3.63, 3.8) is 0 Å². The highest BCUT2D eigenvalue weighted by molar-refractivity contribution is 5.69. The van der Waals surface area contributed by atoms with Crippen LogP contribution in [0.3, 0.4) is 0 Å². The van der Waals surface area contributed by atoms with Gasteiger partial charge in [0.2, 0.25) is 0 Å². The summed E-state index contributed by atoms with van der Waals surface area (Å²) in [5.74, 6) is 0.513. The van der Waals surface area contributed by atoms with Gasteiger partial charge in [0.1, 0.15) is 5.75 Å². The summed E-state index contributed by atoms with van der Waals surface area (Å²) in [5, 5.41) is 0. The second-order valence-corrected chi connectivity index (χ2v) is 7.78. The number of esters is 1. The molecule has 3 nitrogen and oxygen atoms in total. The molecule has 0 aliphatic rings. The topological polar surface area (TPSA) is 35.5 Å². The van der Waals surface area contributed by atoms with Gasteiger partial charge in [-0.2, -0.15) is 0 Å². The van der Waals surface area contributed by atoms with Gasteiger partial charge in [0, 0.05) is 5.41 Å². The largest absolute Gasteiger partial charge is 0.493 e. The molecule has 0 aliphatic heterocycles. The van der Waals surface area contributed by atoms with Crippen molar-refractivity contribution in [1.29, 1.82) is 0 Å². The third-order valence-corrected chi connectivity index (χ3v) is 5.57. The second kappa shape index (κ2) is 9.62. The Balaban J connectivity index is 1.88. The molecule has 0 aliphatic carbocycles. The summed E-state index contributed by atoms with van der Waals surface area (Å²) in [4.78, 5) is 11.5. The highest BCUT2D eigenvalue weighted by Gasteiger charge is 2.31. The minimum absolute atomic E-state index is 0.236. The standard InChI is InChI=1S/C27H30O3/c1-5-29-26(28)18-19-30-25-16-14-24(15-17-25)27(4,22-10-6-20(2)7-11-22)23-12-8-21(3)9-13-23/h6-17H,5,18-19H2,1-4H3. The van der Waals surface area contributed by atoms with Crippen LogP contribution in [0.5, 0.6) is 5.75 Å². The first-order chi connectivity index (χ1) is 14.4. The van der Waals surface area contributed by atoms with Crippen molar-refractivity contribution < 1.29 is 14.3 Å². The van der Waals surface area contributed by atoms with Crippen molar-refractivity contribution in [1.82, 2.24) is 0 Å². The zero-order chi connectivity index (χ0) is 21.6. The van der Waals surface area contributed by atoms with Gasteiger partial charge in [-0.05, 0) is 56.5 Å². The Morgan fingerprint density at radius 3 is 1.63 bits per heavy atom. The fourth-order valence-electron chi connectivity index (χ4n) is 3.64. The number of benzene rings is 3. The fraction of sp³-hybridized carbons (Fsp3) is 0.296. The Morgan fingerprint density at radius 2 is 1.20 bits per heavy atom. The van der Waals surface area contributed by atoms with Crippen LogP contribution in [0.25, 0.3) is 0 Å². The molecule has 0 heterocycles. The van der Waals surface area contributed by atoms with E-state index in [4.69, 9.17) is 9.47 Å². The van der Waals surface area contributed by atoms with Crippen LogP contribution in [0.15, 0.2) is 72.8 Å². The lowest BCUT2D eigenvalue weighted by Crippen LogP contribution is -2.25. The third kappa shape index (κ3) is 4.91. The average molecular weight is 403 g/mol. The van der Waals surface area contributed by atoms with Gasteiger partial charge in [0.05, 0.1) is 19.6 Å². The minimum atomic E-state index is -0.287. The Hall–Kier alpha value is -3.07. The lowest BCUT2D eigenvalue weighted by Gasteiger charge is -2.32. The first-order valence-electron chi connectivity index (χ1n) is 10.5. The van der Waals surface area contributed by atoms with E-state index in [9.17, 15) is 4.79 Å². The van der Waals surface area contributed by atoms with Crippen LogP contribution in [0.1, 0.15) is 48.1 Å². The molecule has 0 radical (unpaired) electrons. The molecular formula is C27H30O3. The van der Waals surface area contributed by atoms with Crippen molar-refractivity contribution in [3.05, 3.63) is 101 Å². The van der Waals surface area contributed by atoms with E-state index in [2.05, 4.69) is 81.4 Å². The smallest absolute Gasteiger partial charge is 0.309 e. The van der Waals surface area contributed by atoms with Gasteiger partial charge < -0.3 is 9.47 Å². The van der Waals surface area contributed by atoms with E-state index >= 15 is 0 Å². The highest BCUT2D eigenvalue weighted by Crippen LogP contribution is 2.39. The van der Waals surface area contributed by atoms with Gasteiger partial charge in [-0.25, -0.2) is 0 Å². The summed E-state index contributed by atoms with van der Waals surface area (Å²) >= 11 is 0. The van der Waals surface area contributed by atoms with Crippen LogP contribution in [0.4, 0.5) is 0 Å². The number of carbonyl (C=O) groups is 1. The van der Waals surface area contributed by atoms with Crippen LogP contribution < -0.4 is 4.74 Å². The van der Waals surface area contributed by atoms with Crippen molar-refractivity contribution >= 4 is 5.97 Å². The predicted molar refractivity (Wildman–Crippen MR) is 121 cm³/mol. The van der Waals surface area contributed by atoms with Crippen LogP contribution in [-0.2, 0) is 14.9 Å². The maximum absolute atomic E-state index is 11.5. The van der Waals surface area contributed by atoms with Gasteiger partial charge in [0.25, 0.3) is 0 Å². The molecule has 0 fully saturated rings. The predicted octanol–water partition coefficient (Wildman–Crippen LogP) is 5.99. The van der Waals surface area contributed by atoms with E-state index in [1.165, 1.54) is 27.8 Å². The molecule has 3 aromatic carbocycles. The van der Waals surface area contributed by atoms with Crippen LogP contribution in [0.2, 0.25) is 0 Å². The zero-order valence-electron chi connectivity index (χ0n) is 18.3. The van der Waals surface area contributed by atoms with Crippen molar-refractivity contribution in [3.8, 4) is 5.75 Å². The summed E-state index contributed by atoms with van der Waals surface area (Å²) in [7, 11) is 0. The molecule has 0 N–H and O–H groups in total. The molecule has 0 saturated carbocycles. The number of aryl methyl sites for hydroxylation is 2. The molecular weight excluding hydrogens is 372 g/mol. The Bertz CT molecular complexity index is 909. The van der Waals surface area contributed by atoms with Crippen molar-refractivity contribution in [2.75, 3.05) is 13.2 Å². The van der Waals surface area contributed by atoms with Crippen LogP contribution in [-0.4, -0.2) is 19.2 Å². The molecule has 0 unspecified atom stereocenters. The molecule has 0 spiro atoms. The Kier molecular flexibility index (Phi) is 6.94. The normalized spacial score (nSPS) is 11.2. The first-order valence-corrected chi connectivity index (χ1v) is 10.5. The van der Waals surface area contributed by atoms with Gasteiger partial charge in [-0.1, -0.05) is 71.8 Å². The Labute approximate surface area is 179 Å². The van der Waals surface area contributed by atoms with Gasteiger partial charge >= 0.3 is 5.97 Å². The average Bonchev–Trinajstić information content (AvgIpc) is 2.75. The molecule has 3 rings (SSSR count). The maximum atomic E-state index is 11.5. The molecule has 3 heteroatoms. The van der Waals surface area contributed by atoms with E-state index in [0.717, 1.165) is 5.75 Å². The minimum Gasteiger partial charge on any atom is -0.493 e. The van der Waals surface area contributed by atoms with E-state index in [1.54, 1.807) is 6.92 Å². The summed E-state index contributed by atoms with van der Waals surface area (Å²) in [6, 6.07) is 25.6. The highest BCUT2D eigenvalue weighted by atomic mass is 16.5. The first kappa shape index (κ1) is 21.6. The van der Waals surface area contributed by atoms with Gasteiger partial charge in [0.15, 0.2) is 0 Å². The molecule has 0 aromatic heterocycles. The van der Waals surface area contributed by atoms with Crippen molar-refractivity contribution in [2.45, 2.75) is 39.5 Å². The van der Waals surface area contributed by atoms with Crippen molar-refractivity contribution in [2.24, 2.45) is 0 Å². The fourth-order valence-corrected chi connectivity index (χ4v) is 3.64. The molecule has 156 valence electrons. The summed E-state index contributed by atoms with van der Waals surface area (Å²) in [6.07, 6.45) is 0.250. The number of carbonyl (C=O) groups excluding carboxylic acids is 1. The SMILES string of the molecule is CCOC(=O)CCOc1ccc(C(C)(c2ccc(C)cc2)c2ccc(C)cc2)cc1. The lowest BCUT2D eigenvalue weighted by atomic mass is 9.71. The Morgan fingerprint density at radius 1 is 0.767 bits per heavy atom. The van der Waals surface area contributed by atoms with E-state index in [-0.39, 0.29) is 17.8 Å². The molecule has 3 aromatic rings. The maximum Gasteiger partial charge on any atom is 0.309 e. The summed E-state index contributed by atoms with van der Waals surface area (Å²) < 4.78 is 10.7. The van der Waals surface area contributed by atoms with E-state index < -0.39 is 0 Å². The quantitative estimate of drug-likeness (QED) is 0.343. The third-order valence-electron chi connectivity index (χ3n) is 5.57. The number of ether oxygens (including phenoxy) is 2. The molecule has 0 bridgehead atoms. The van der Waals surface area contributed by atoms with Crippen LogP contribution >= 0.6 is 0 Å². The van der Waals surface area contributed by atoms with Gasteiger partial charge in [-0.3, -0.25) is 4.79 Å². The van der Waals surface area contributed by atoms with E-state index in [0.29, 0.717) is 13.2 Å². The van der Waals surface area contributed by atoms with Gasteiger partial charge in [-0.15, -0.1) is 0 Å². The lowest BCUT2D eigenvalue weighted by molar-refractivity contribution is -0.143. The zero-order valence-corrected chi connectivity index (χ0v) is 18.3. The number of hydrogen-bond acceptors (Lipinski definition) is 3. The molecule has 0 amide bonds. The number of hydrogen-bond donors (Lipinski definition) is 0. The van der Waals surface area contributed by atoms with Crippen LogP contribution in [0, 0.1) is 13.8 Å². The summed E-state index contributed by atoms with van der Waals surface area (Å²) in [5.41, 5.74) is 5.88. The van der Waals surface area contributed by atoms with E-state index in [1.807, 2.05) is 12.1 Å².